The summed E-state index contributed by atoms with van der Waals surface area (Å²) in [6, 6.07) is 2.92. The van der Waals surface area contributed by atoms with Crippen LogP contribution >= 0.6 is 11.3 Å². The predicted octanol–water partition coefficient (Wildman–Crippen LogP) is 2.33. The highest BCUT2D eigenvalue weighted by atomic mass is 32.1. The van der Waals surface area contributed by atoms with Gasteiger partial charge < -0.3 is 0 Å². The lowest BCUT2D eigenvalue weighted by atomic mass is 10.3. The lowest BCUT2D eigenvalue weighted by Gasteiger charge is -2.18. The molecule has 0 aromatic carbocycles. The molecule has 2 rings (SSSR count). The monoisotopic (exact) mass is 221 g/mol. The van der Waals surface area contributed by atoms with Crippen LogP contribution in [0.1, 0.15) is 30.0 Å². The Bertz CT molecular complexity index is 362. The van der Waals surface area contributed by atoms with Gasteiger partial charge >= 0.3 is 0 Å². The second kappa shape index (κ2) is 4.73. The van der Waals surface area contributed by atoms with E-state index in [1.165, 1.54) is 12.8 Å². The number of thiazole rings is 1. The molecule has 4 heteroatoms. The first-order valence-electron chi connectivity index (χ1n) is 5.31. The third kappa shape index (κ3) is 3.01. The van der Waals surface area contributed by atoms with Gasteiger partial charge in [-0.05, 0) is 19.8 Å². The van der Waals surface area contributed by atoms with E-state index in [1.807, 2.05) is 6.92 Å². The minimum absolute atomic E-state index is 0.625. The van der Waals surface area contributed by atoms with Gasteiger partial charge in [0.15, 0.2) is 0 Å². The van der Waals surface area contributed by atoms with E-state index >= 15 is 0 Å². The Morgan fingerprint density at radius 3 is 3.00 bits per heavy atom. The summed E-state index contributed by atoms with van der Waals surface area (Å²) < 4.78 is 0. The Labute approximate surface area is 94.4 Å². The molecule has 0 amide bonds. The van der Waals surface area contributed by atoms with Gasteiger partial charge in [-0.2, -0.15) is 5.26 Å². The molecule has 0 spiro atoms. The number of rotatable bonds is 5. The first-order valence-corrected chi connectivity index (χ1v) is 6.19. The van der Waals surface area contributed by atoms with Crippen LogP contribution in [0, 0.1) is 18.3 Å². The molecule has 0 atom stereocenters. The molecular formula is C11H15N3S. The summed E-state index contributed by atoms with van der Waals surface area (Å²) in [4.78, 5) is 6.85. The van der Waals surface area contributed by atoms with Gasteiger partial charge in [-0.25, -0.2) is 4.98 Å². The molecule has 0 bridgehead atoms. The third-order valence-electron chi connectivity index (χ3n) is 2.61. The molecule has 1 aromatic heterocycles. The lowest BCUT2D eigenvalue weighted by molar-refractivity contribution is 0.258. The summed E-state index contributed by atoms with van der Waals surface area (Å²) in [5, 5.41) is 11.8. The molecule has 1 aromatic rings. The largest absolute Gasteiger partial charge is 0.294 e. The van der Waals surface area contributed by atoms with Gasteiger partial charge in [0.2, 0.25) is 0 Å². The van der Waals surface area contributed by atoms with E-state index in [-0.39, 0.29) is 0 Å². The summed E-state index contributed by atoms with van der Waals surface area (Å²) in [6.45, 7) is 3.83. The van der Waals surface area contributed by atoms with Gasteiger partial charge in [0, 0.05) is 30.9 Å². The van der Waals surface area contributed by atoms with Gasteiger partial charge in [0.25, 0.3) is 0 Å². The molecule has 0 N–H and O–H groups in total. The first-order chi connectivity index (χ1) is 7.29. The molecule has 1 saturated carbocycles. The third-order valence-corrected chi connectivity index (χ3v) is 3.43. The highest BCUT2D eigenvalue weighted by Crippen LogP contribution is 2.28. The molecule has 1 aliphatic carbocycles. The van der Waals surface area contributed by atoms with Gasteiger partial charge in [-0.3, -0.25) is 4.90 Å². The molecule has 1 aliphatic rings. The average molecular weight is 221 g/mol. The van der Waals surface area contributed by atoms with Crippen LogP contribution in [0.3, 0.4) is 0 Å². The fourth-order valence-electron chi connectivity index (χ4n) is 1.71. The van der Waals surface area contributed by atoms with Crippen LogP contribution in [-0.4, -0.2) is 22.5 Å². The summed E-state index contributed by atoms with van der Waals surface area (Å²) >= 11 is 1.70. The van der Waals surface area contributed by atoms with Crippen molar-refractivity contribution in [1.29, 1.82) is 5.26 Å². The Hall–Kier alpha value is -0.920. The first kappa shape index (κ1) is 10.6. The van der Waals surface area contributed by atoms with Crippen LogP contribution in [0.2, 0.25) is 0 Å². The smallest absolute Gasteiger partial charge is 0.0897 e. The van der Waals surface area contributed by atoms with Crippen molar-refractivity contribution in [2.75, 3.05) is 6.54 Å². The molecule has 80 valence electrons. The lowest BCUT2D eigenvalue weighted by Crippen LogP contribution is -2.26. The Kier molecular flexibility index (Phi) is 3.34. The van der Waals surface area contributed by atoms with Crippen molar-refractivity contribution in [3.63, 3.8) is 0 Å². The summed E-state index contributed by atoms with van der Waals surface area (Å²) in [5.74, 6) is 0. The second-order valence-corrected chi connectivity index (χ2v) is 5.03. The van der Waals surface area contributed by atoms with Crippen LogP contribution in [0.15, 0.2) is 5.38 Å². The standard InChI is InChI=1S/C11H15N3S/c1-9-13-10(8-15-9)7-14(6-2-5-12)11-3-4-11/h8,11H,2-4,6-7H2,1H3. The van der Waals surface area contributed by atoms with Crippen LogP contribution < -0.4 is 0 Å². The molecule has 0 saturated heterocycles. The SMILES string of the molecule is Cc1nc(CN(CCC#N)C2CC2)cs1. The number of hydrogen-bond acceptors (Lipinski definition) is 4. The molecule has 0 radical (unpaired) electrons. The number of hydrogen-bond donors (Lipinski definition) is 0. The number of nitrogens with zero attached hydrogens (tertiary/aromatic N) is 3. The van der Waals surface area contributed by atoms with Gasteiger partial charge in [0.1, 0.15) is 0 Å². The maximum atomic E-state index is 8.60. The van der Waals surface area contributed by atoms with Crippen LogP contribution in [0.25, 0.3) is 0 Å². The van der Waals surface area contributed by atoms with E-state index in [2.05, 4.69) is 21.3 Å². The second-order valence-electron chi connectivity index (χ2n) is 3.97. The van der Waals surface area contributed by atoms with Crippen LogP contribution in [0.5, 0.6) is 0 Å². The molecule has 1 heterocycles. The predicted molar refractivity (Wildman–Crippen MR) is 60.5 cm³/mol. The highest BCUT2D eigenvalue weighted by Gasteiger charge is 2.28. The van der Waals surface area contributed by atoms with E-state index < -0.39 is 0 Å². The van der Waals surface area contributed by atoms with E-state index in [9.17, 15) is 0 Å². The molecular weight excluding hydrogens is 206 g/mol. The Balaban J connectivity index is 1.91. The van der Waals surface area contributed by atoms with Crippen molar-refractivity contribution < 1.29 is 0 Å². The van der Waals surface area contributed by atoms with Crippen molar-refractivity contribution in [2.24, 2.45) is 0 Å². The zero-order chi connectivity index (χ0) is 10.7. The van der Waals surface area contributed by atoms with Crippen molar-refractivity contribution >= 4 is 11.3 Å². The van der Waals surface area contributed by atoms with Crippen molar-refractivity contribution in [3.05, 3.63) is 16.1 Å². The molecule has 3 nitrogen and oxygen atoms in total. The van der Waals surface area contributed by atoms with Crippen LogP contribution in [-0.2, 0) is 6.54 Å². The summed E-state index contributed by atoms with van der Waals surface area (Å²) in [6.07, 6.45) is 3.20. The van der Waals surface area contributed by atoms with Crippen molar-refractivity contribution in [1.82, 2.24) is 9.88 Å². The maximum Gasteiger partial charge on any atom is 0.0897 e. The maximum absolute atomic E-state index is 8.60. The minimum atomic E-state index is 0.625. The van der Waals surface area contributed by atoms with E-state index in [4.69, 9.17) is 5.26 Å². The quantitative estimate of drug-likeness (QED) is 0.766. The van der Waals surface area contributed by atoms with E-state index in [0.29, 0.717) is 12.5 Å². The highest BCUT2D eigenvalue weighted by molar-refractivity contribution is 7.09. The molecule has 15 heavy (non-hydrogen) atoms. The zero-order valence-electron chi connectivity index (χ0n) is 8.94. The molecule has 0 aliphatic heterocycles. The van der Waals surface area contributed by atoms with Gasteiger partial charge in [-0.15, -0.1) is 11.3 Å². The molecule has 0 unspecified atom stereocenters. The van der Waals surface area contributed by atoms with Crippen molar-refractivity contribution in [2.45, 2.75) is 38.8 Å². The Morgan fingerprint density at radius 1 is 1.67 bits per heavy atom. The fourth-order valence-corrected chi connectivity index (χ4v) is 2.32. The normalized spacial score (nSPS) is 15.5. The van der Waals surface area contributed by atoms with E-state index in [0.717, 1.165) is 23.8 Å². The van der Waals surface area contributed by atoms with Crippen LogP contribution in [0.4, 0.5) is 0 Å². The van der Waals surface area contributed by atoms with E-state index in [1.54, 1.807) is 11.3 Å². The molecule has 1 fully saturated rings. The van der Waals surface area contributed by atoms with Gasteiger partial charge in [-0.1, -0.05) is 0 Å². The number of nitriles is 1. The topological polar surface area (TPSA) is 39.9 Å². The number of aryl methyl sites for hydroxylation is 1. The summed E-state index contributed by atoms with van der Waals surface area (Å²) in [7, 11) is 0. The summed E-state index contributed by atoms with van der Waals surface area (Å²) in [5.41, 5.74) is 1.15. The van der Waals surface area contributed by atoms with Gasteiger partial charge in [0.05, 0.1) is 16.8 Å². The number of aromatic nitrogens is 1. The zero-order valence-corrected chi connectivity index (χ0v) is 9.76. The average Bonchev–Trinajstić information content (AvgIpc) is 2.98. The minimum Gasteiger partial charge on any atom is -0.294 e. The van der Waals surface area contributed by atoms with Crippen molar-refractivity contribution in [3.8, 4) is 6.07 Å². The Morgan fingerprint density at radius 2 is 2.47 bits per heavy atom. The fraction of sp³-hybridized carbons (Fsp3) is 0.636.